The normalized spacial score (nSPS) is 30.0. The molecule has 3 unspecified atom stereocenters. The molecular formula is C30H41NO3. The van der Waals surface area contributed by atoms with Crippen LogP contribution in [0.4, 0.5) is 0 Å². The van der Waals surface area contributed by atoms with Gasteiger partial charge in [-0.25, -0.2) is 0 Å². The molecule has 5 atom stereocenters. The first-order valence-electron chi connectivity index (χ1n) is 13.3. The third kappa shape index (κ3) is 4.78. The van der Waals surface area contributed by atoms with E-state index < -0.39 is 0 Å². The van der Waals surface area contributed by atoms with Gasteiger partial charge in [0.15, 0.2) is 0 Å². The van der Waals surface area contributed by atoms with Crippen molar-refractivity contribution in [2.24, 2.45) is 17.3 Å². The van der Waals surface area contributed by atoms with E-state index in [4.69, 9.17) is 14.6 Å². The molecule has 184 valence electrons. The van der Waals surface area contributed by atoms with E-state index in [9.17, 15) is 0 Å². The van der Waals surface area contributed by atoms with Crippen molar-refractivity contribution in [2.45, 2.75) is 64.1 Å². The number of rotatable bonds is 9. The van der Waals surface area contributed by atoms with Crippen molar-refractivity contribution in [3.63, 3.8) is 0 Å². The molecular weight excluding hydrogens is 422 g/mol. The molecule has 4 heteroatoms. The average molecular weight is 464 g/mol. The molecule has 2 aromatic carbocycles. The zero-order chi connectivity index (χ0) is 23.5. The SMILES string of the molecule is CN(CCO)CCO[C@H]1CCC2C3CCc4cc(OCc5ccccc5)ccc4C3CC[C@@]21C. The molecule has 0 aromatic heterocycles. The molecule has 0 bridgehead atoms. The zero-order valence-corrected chi connectivity index (χ0v) is 20.9. The molecule has 4 nitrogen and oxygen atoms in total. The van der Waals surface area contributed by atoms with Crippen molar-refractivity contribution in [2.75, 3.05) is 33.4 Å². The summed E-state index contributed by atoms with van der Waals surface area (Å²) in [6.07, 6.45) is 7.90. The number of ether oxygens (including phenoxy) is 2. The monoisotopic (exact) mass is 463 g/mol. The maximum Gasteiger partial charge on any atom is 0.120 e. The van der Waals surface area contributed by atoms with Crippen molar-refractivity contribution in [1.82, 2.24) is 4.90 Å². The van der Waals surface area contributed by atoms with Gasteiger partial charge in [-0.05, 0) is 97.6 Å². The summed E-state index contributed by atoms with van der Waals surface area (Å²) in [7, 11) is 2.06. The number of likely N-dealkylation sites (N-methyl/N-ethyl adjacent to an activating group) is 1. The van der Waals surface area contributed by atoms with E-state index in [0.717, 1.165) is 37.3 Å². The van der Waals surface area contributed by atoms with Crippen LogP contribution in [0, 0.1) is 17.3 Å². The number of hydrogen-bond donors (Lipinski definition) is 1. The second-order valence-electron chi connectivity index (χ2n) is 11.1. The third-order valence-electron chi connectivity index (χ3n) is 9.13. The minimum atomic E-state index is 0.213. The molecule has 0 heterocycles. The van der Waals surface area contributed by atoms with Gasteiger partial charge in [0.1, 0.15) is 12.4 Å². The number of hydrogen-bond acceptors (Lipinski definition) is 4. The molecule has 0 amide bonds. The van der Waals surface area contributed by atoms with Crippen molar-refractivity contribution in [3.05, 3.63) is 65.2 Å². The van der Waals surface area contributed by atoms with Crippen LogP contribution in [0.1, 0.15) is 61.6 Å². The summed E-state index contributed by atoms with van der Waals surface area (Å²) in [5.74, 6) is 3.25. The Kier molecular flexibility index (Phi) is 7.29. The van der Waals surface area contributed by atoms with Crippen LogP contribution in [-0.4, -0.2) is 49.5 Å². The molecule has 3 aliphatic rings. The van der Waals surface area contributed by atoms with Gasteiger partial charge in [-0.3, -0.25) is 0 Å². The molecule has 0 spiro atoms. The van der Waals surface area contributed by atoms with Crippen molar-refractivity contribution in [3.8, 4) is 5.75 Å². The summed E-state index contributed by atoms with van der Waals surface area (Å²) < 4.78 is 12.6. The quantitative estimate of drug-likeness (QED) is 0.538. The summed E-state index contributed by atoms with van der Waals surface area (Å²) in [5, 5.41) is 9.12. The largest absolute Gasteiger partial charge is 0.489 e. The highest BCUT2D eigenvalue weighted by atomic mass is 16.5. The topological polar surface area (TPSA) is 41.9 Å². The summed E-state index contributed by atoms with van der Waals surface area (Å²) in [4.78, 5) is 2.15. The van der Waals surface area contributed by atoms with E-state index >= 15 is 0 Å². The Morgan fingerprint density at radius 1 is 1.03 bits per heavy atom. The van der Waals surface area contributed by atoms with E-state index in [0.29, 0.717) is 24.0 Å². The summed E-state index contributed by atoms with van der Waals surface area (Å²) in [5.41, 5.74) is 4.62. The lowest BCUT2D eigenvalue weighted by atomic mass is 9.55. The predicted molar refractivity (Wildman–Crippen MR) is 136 cm³/mol. The minimum Gasteiger partial charge on any atom is -0.489 e. The molecule has 0 radical (unpaired) electrons. The van der Waals surface area contributed by atoms with Gasteiger partial charge < -0.3 is 19.5 Å². The lowest BCUT2D eigenvalue weighted by Crippen LogP contribution is -2.45. The van der Waals surface area contributed by atoms with Crippen LogP contribution in [0.2, 0.25) is 0 Å². The number of aryl methyl sites for hydroxylation is 1. The minimum absolute atomic E-state index is 0.213. The van der Waals surface area contributed by atoms with Gasteiger partial charge >= 0.3 is 0 Å². The lowest BCUT2D eigenvalue weighted by Gasteiger charge is -2.50. The van der Waals surface area contributed by atoms with Crippen molar-refractivity contribution in [1.29, 1.82) is 0 Å². The number of fused-ring (bicyclic) bond motifs is 5. The van der Waals surface area contributed by atoms with E-state index in [1.165, 1.54) is 49.7 Å². The Morgan fingerprint density at radius 2 is 1.88 bits per heavy atom. The Hall–Kier alpha value is -1.88. The Bertz CT molecular complexity index is 947. The van der Waals surface area contributed by atoms with Gasteiger partial charge in [-0.1, -0.05) is 43.3 Å². The van der Waals surface area contributed by atoms with Gasteiger partial charge in [-0.2, -0.15) is 0 Å². The molecule has 1 N–H and O–H groups in total. The first-order chi connectivity index (χ1) is 16.6. The van der Waals surface area contributed by atoms with Crippen LogP contribution in [0.25, 0.3) is 0 Å². The summed E-state index contributed by atoms with van der Waals surface area (Å²) >= 11 is 0. The fourth-order valence-corrected chi connectivity index (χ4v) is 7.25. The molecule has 5 rings (SSSR count). The van der Waals surface area contributed by atoms with Crippen molar-refractivity contribution >= 4 is 0 Å². The molecule has 3 aliphatic carbocycles. The first kappa shape index (κ1) is 23.8. The second kappa shape index (κ2) is 10.4. The van der Waals surface area contributed by atoms with Crippen molar-refractivity contribution < 1.29 is 14.6 Å². The molecule has 2 saturated carbocycles. The van der Waals surface area contributed by atoms with Gasteiger partial charge in [0.05, 0.1) is 19.3 Å². The van der Waals surface area contributed by atoms with Crippen LogP contribution in [0.5, 0.6) is 5.75 Å². The van der Waals surface area contributed by atoms with E-state index in [1.807, 2.05) is 6.07 Å². The number of aliphatic hydroxyl groups is 1. The third-order valence-corrected chi connectivity index (χ3v) is 9.13. The standard InChI is InChI=1S/C30H41NO3/c1-30-15-14-26-25-11-9-24(34-21-22-6-4-3-5-7-22)20-23(25)8-10-27(26)28(30)12-13-29(30)33-19-17-31(2)16-18-32/h3-7,9,11,20,26-29,32H,8,10,12-19,21H2,1-2H3/t26?,27?,28?,29-,30-/m0/s1. The maximum absolute atomic E-state index is 9.12. The van der Waals surface area contributed by atoms with Crippen LogP contribution in [-0.2, 0) is 17.8 Å². The highest BCUT2D eigenvalue weighted by molar-refractivity contribution is 5.41. The number of benzene rings is 2. The lowest BCUT2D eigenvalue weighted by molar-refractivity contribution is -0.0671. The number of aliphatic hydroxyl groups excluding tert-OH is 1. The highest BCUT2D eigenvalue weighted by Gasteiger charge is 2.55. The Morgan fingerprint density at radius 3 is 2.71 bits per heavy atom. The highest BCUT2D eigenvalue weighted by Crippen LogP contribution is 2.61. The van der Waals surface area contributed by atoms with Crippen LogP contribution >= 0.6 is 0 Å². The Labute approximate surface area is 205 Å². The molecule has 0 aliphatic heterocycles. The number of nitrogens with zero attached hydrogens (tertiary/aromatic N) is 1. The average Bonchev–Trinajstić information content (AvgIpc) is 3.19. The van der Waals surface area contributed by atoms with E-state index in [1.54, 1.807) is 5.56 Å². The first-order valence-corrected chi connectivity index (χ1v) is 13.3. The predicted octanol–water partition coefficient (Wildman–Crippen LogP) is 5.43. The maximum atomic E-state index is 9.12. The van der Waals surface area contributed by atoms with Crippen LogP contribution in [0.3, 0.4) is 0 Å². The molecule has 2 fully saturated rings. The summed E-state index contributed by atoms with van der Waals surface area (Å²) in [6, 6.07) is 17.3. The van der Waals surface area contributed by atoms with E-state index in [-0.39, 0.29) is 6.61 Å². The van der Waals surface area contributed by atoms with Crippen LogP contribution < -0.4 is 4.74 Å². The second-order valence-corrected chi connectivity index (χ2v) is 11.1. The van der Waals surface area contributed by atoms with Gasteiger partial charge in [0, 0.05) is 13.1 Å². The molecule has 2 aromatic rings. The Balaban J connectivity index is 1.22. The smallest absolute Gasteiger partial charge is 0.120 e. The molecule has 34 heavy (non-hydrogen) atoms. The van der Waals surface area contributed by atoms with Crippen LogP contribution in [0.15, 0.2) is 48.5 Å². The van der Waals surface area contributed by atoms with E-state index in [2.05, 4.69) is 61.3 Å². The fraction of sp³-hybridized carbons (Fsp3) is 0.600. The van der Waals surface area contributed by atoms with Gasteiger partial charge in [0.25, 0.3) is 0 Å². The molecule has 0 saturated heterocycles. The summed E-state index contributed by atoms with van der Waals surface area (Å²) in [6.45, 7) is 5.74. The fourth-order valence-electron chi connectivity index (χ4n) is 7.25. The van der Waals surface area contributed by atoms with Gasteiger partial charge in [-0.15, -0.1) is 0 Å². The van der Waals surface area contributed by atoms with Gasteiger partial charge in [0.2, 0.25) is 0 Å². The zero-order valence-electron chi connectivity index (χ0n) is 20.9.